The van der Waals surface area contributed by atoms with Crippen LogP contribution in [0, 0.1) is 0 Å². The number of fused-ring (bicyclic) bond motifs is 1. The van der Waals surface area contributed by atoms with E-state index < -0.39 is 54.0 Å². The van der Waals surface area contributed by atoms with Gasteiger partial charge in [-0.25, -0.2) is 9.78 Å². The van der Waals surface area contributed by atoms with Crippen LogP contribution in [0.15, 0.2) is 43.0 Å². The van der Waals surface area contributed by atoms with Crippen molar-refractivity contribution < 1.29 is 29.4 Å². The third-order valence-electron chi connectivity index (χ3n) is 5.90. The van der Waals surface area contributed by atoms with Crippen LogP contribution in [-0.2, 0) is 32.0 Å². The quantitative estimate of drug-likeness (QED) is 0.149. The highest BCUT2D eigenvalue weighted by atomic mass is 16.4. The average Bonchev–Trinajstić information content (AvgIpc) is 3.52. The van der Waals surface area contributed by atoms with E-state index in [1.807, 2.05) is 24.3 Å². The van der Waals surface area contributed by atoms with Gasteiger partial charge in [0.1, 0.15) is 24.2 Å². The number of H-pyrrole nitrogens is 2. The molecule has 0 aliphatic heterocycles. The molecule has 0 aliphatic carbocycles. The highest BCUT2D eigenvalue weighted by Gasteiger charge is 2.30. The number of benzene rings is 1. The summed E-state index contributed by atoms with van der Waals surface area (Å²) in [5, 5.41) is 27.6. The number of hydrogen-bond acceptors (Lipinski definition) is 7. The van der Waals surface area contributed by atoms with Gasteiger partial charge in [0.15, 0.2) is 0 Å². The van der Waals surface area contributed by atoms with Gasteiger partial charge in [-0.3, -0.25) is 14.4 Å². The van der Waals surface area contributed by atoms with Crippen LogP contribution >= 0.6 is 0 Å². The number of nitrogens with zero attached hydrogens (tertiary/aromatic N) is 1. The minimum absolute atomic E-state index is 0.00908. The fourth-order valence-electron chi connectivity index (χ4n) is 3.71. The molecule has 0 spiro atoms. The van der Waals surface area contributed by atoms with Gasteiger partial charge in [0.2, 0.25) is 17.7 Å². The lowest BCUT2D eigenvalue weighted by atomic mass is 10.0. The Balaban J connectivity index is 1.73. The number of nitrogens with two attached hydrogens (primary N) is 1. The Morgan fingerprint density at radius 2 is 1.68 bits per heavy atom. The van der Waals surface area contributed by atoms with Crippen molar-refractivity contribution in [3.63, 3.8) is 0 Å². The fraction of sp³-hybridized carbons (Fsp3) is 0.375. The third-order valence-corrected chi connectivity index (χ3v) is 5.90. The highest BCUT2D eigenvalue weighted by Crippen LogP contribution is 2.19. The Kier molecular flexibility index (Phi) is 8.98. The first-order valence-corrected chi connectivity index (χ1v) is 11.7. The molecule has 0 aliphatic rings. The van der Waals surface area contributed by atoms with Crippen LogP contribution in [0.1, 0.15) is 25.1 Å². The van der Waals surface area contributed by atoms with Crippen molar-refractivity contribution in [2.45, 2.75) is 57.0 Å². The molecule has 13 nitrogen and oxygen atoms in total. The Labute approximate surface area is 212 Å². The number of carbonyl (C=O) groups excluding carboxylic acids is 3. The normalized spacial score (nSPS) is 15.2. The van der Waals surface area contributed by atoms with Crippen molar-refractivity contribution in [2.75, 3.05) is 0 Å². The number of para-hydroxylation sites is 1. The maximum atomic E-state index is 13.2. The molecule has 0 saturated carbocycles. The molecule has 3 aromatic rings. The molecule has 2 aromatic heterocycles. The summed E-state index contributed by atoms with van der Waals surface area (Å²) in [6.07, 6.45) is 3.45. The van der Waals surface area contributed by atoms with Gasteiger partial charge < -0.3 is 41.9 Å². The Hall–Kier alpha value is -4.23. The SMILES string of the molecule is CC(NC(=O)C(N)C(C)O)C(=O)NC(Cc1cnc[nH]1)C(=O)NC(Cc1c[nH]c2ccccc12)C(=O)O. The third kappa shape index (κ3) is 7.15. The van der Waals surface area contributed by atoms with Crippen LogP contribution in [0.4, 0.5) is 0 Å². The van der Waals surface area contributed by atoms with Crippen LogP contribution in [0.25, 0.3) is 10.9 Å². The maximum absolute atomic E-state index is 13.2. The summed E-state index contributed by atoms with van der Waals surface area (Å²) in [7, 11) is 0. The highest BCUT2D eigenvalue weighted by molar-refractivity contribution is 5.94. The Morgan fingerprint density at radius 1 is 0.973 bits per heavy atom. The average molecular weight is 514 g/mol. The number of amides is 3. The van der Waals surface area contributed by atoms with Crippen LogP contribution in [0.3, 0.4) is 0 Å². The van der Waals surface area contributed by atoms with Crippen molar-refractivity contribution in [1.82, 2.24) is 30.9 Å². The minimum atomic E-state index is -1.27. The van der Waals surface area contributed by atoms with E-state index in [1.54, 1.807) is 6.20 Å². The van der Waals surface area contributed by atoms with Gasteiger partial charge >= 0.3 is 5.97 Å². The number of aromatic nitrogens is 3. The van der Waals surface area contributed by atoms with Gasteiger partial charge in [-0.15, -0.1) is 0 Å². The summed E-state index contributed by atoms with van der Waals surface area (Å²) >= 11 is 0. The number of carboxylic acid groups (broad SMARTS) is 1. The number of hydrogen-bond donors (Lipinski definition) is 8. The smallest absolute Gasteiger partial charge is 0.326 e. The van der Waals surface area contributed by atoms with E-state index in [9.17, 15) is 29.4 Å². The molecule has 198 valence electrons. The van der Waals surface area contributed by atoms with Gasteiger partial charge in [-0.2, -0.15) is 0 Å². The van der Waals surface area contributed by atoms with E-state index >= 15 is 0 Å². The lowest BCUT2D eigenvalue weighted by Crippen LogP contribution is -2.58. The van der Waals surface area contributed by atoms with E-state index in [2.05, 4.69) is 30.9 Å². The molecular formula is C24H31N7O6. The first-order chi connectivity index (χ1) is 17.6. The molecule has 3 amide bonds. The van der Waals surface area contributed by atoms with E-state index in [-0.39, 0.29) is 12.8 Å². The first kappa shape index (κ1) is 27.4. The number of aliphatic carboxylic acids is 1. The van der Waals surface area contributed by atoms with E-state index in [0.29, 0.717) is 11.3 Å². The van der Waals surface area contributed by atoms with E-state index in [0.717, 1.165) is 10.9 Å². The molecule has 3 rings (SSSR count). The zero-order valence-electron chi connectivity index (χ0n) is 20.4. The van der Waals surface area contributed by atoms with Crippen molar-refractivity contribution in [3.8, 4) is 0 Å². The number of rotatable bonds is 12. The monoisotopic (exact) mass is 513 g/mol. The van der Waals surface area contributed by atoms with E-state index in [1.165, 1.54) is 26.4 Å². The Morgan fingerprint density at radius 3 is 2.32 bits per heavy atom. The minimum Gasteiger partial charge on any atom is -0.480 e. The second-order valence-corrected chi connectivity index (χ2v) is 8.80. The first-order valence-electron chi connectivity index (χ1n) is 11.7. The molecule has 9 N–H and O–H groups in total. The zero-order valence-corrected chi connectivity index (χ0v) is 20.4. The summed E-state index contributed by atoms with van der Waals surface area (Å²) < 4.78 is 0. The molecule has 2 heterocycles. The molecule has 0 bridgehead atoms. The van der Waals surface area contributed by atoms with Crippen molar-refractivity contribution in [1.29, 1.82) is 0 Å². The molecule has 0 saturated heterocycles. The predicted molar refractivity (Wildman–Crippen MR) is 133 cm³/mol. The number of carboxylic acids is 1. The number of imidazole rings is 1. The van der Waals surface area contributed by atoms with Crippen molar-refractivity contribution in [2.24, 2.45) is 5.73 Å². The summed E-state index contributed by atoms with van der Waals surface area (Å²) in [6.45, 7) is 2.74. The lowest BCUT2D eigenvalue weighted by Gasteiger charge is -2.24. The standard InChI is InChI=1S/C24H31N7O6/c1-12(29-23(35)20(25)13(2)32)21(33)30-18(8-15-10-26-11-28-15)22(34)31-19(24(36)37)7-14-9-27-17-6-4-3-5-16(14)17/h3-6,9-13,18-20,27,32H,7-8,25H2,1-2H3,(H,26,28)(H,29,35)(H,30,33)(H,31,34)(H,36,37). The molecule has 0 fully saturated rings. The van der Waals surface area contributed by atoms with Crippen molar-refractivity contribution in [3.05, 3.63) is 54.2 Å². The molecular weight excluding hydrogens is 482 g/mol. The van der Waals surface area contributed by atoms with Gasteiger partial charge in [0.25, 0.3) is 0 Å². The van der Waals surface area contributed by atoms with Crippen LogP contribution in [0.5, 0.6) is 0 Å². The largest absolute Gasteiger partial charge is 0.480 e. The summed E-state index contributed by atoms with van der Waals surface area (Å²) in [5.74, 6) is -3.40. The zero-order chi connectivity index (χ0) is 27.1. The predicted octanol–water partition coefficient (Wildman–Crippen LogP) is -1.06. The lowest BCUT2D eigenvalue weighted by molar-refractivity contribution is -0.142. The van der Waals surface area contributed by atoms with E-state index in [4.69, 9.17) is 5.73 Å². The number of aromatic amines is 2. The molecule has 5 atom stereocenters. The number of aliphatic hydroxyl groups is 1. The summed E-state index contributed by atoms with van der Waals surface area (Å²) in [4.78, 5) is 59.9. The van der Waals surface area contributed by atoms with Crippen LogP contribution < -0.4 is 21.7 Å². The molecule has 1 aromatic carbocycles. The maximum Gasteiger partial charge on any atom is 0.326 e. The fourth-order valence-corrected chi connectivity index (χ4v) is 3.71. The van der Waals surface area contributed by atoms with Gasteiger partial charge in [-0.05, 0) is 25.5 Å². The Bertz CT molecular complexity index is 1240. The topological polar surface area (TPSA) is 215 Å². The van der Waals surface area contributed by atoms with Crippen LogP contribution in [0.2, 0.25) is 0 Å². The van der Waals surface area contributed by atoms with Gasteiger partial charge in [-0.1, -0.05) is 18.2 Å². The molecule has 0 radical (unpaired) electrons. The number of nitrogens with one attached hydrogen (secondary N) is 5. The second-order valence-electron chi connectivity index (χ2n) is 8.80. The van der Waals surface area contributed by atoms with Crippen LogP contribution in [-0.4, -0.2) is 79.1 Å². The van der Waals surface area contributed by atoms with Crippen molar-refractivity contribution >= 4 is 34.6 Å². The molecule has 5 unspecified atom stereocenters. The molecule has 13 heteroatoms. The number of aliphatic hydroxyl groups excluding tert-OH is 1. The van der Waals surface area contributed by atoms with Gasteiger partial charge in [0.05, 0.1) is 12.4 Å². The number of carbonyl (C=O) groups is 4. The summed E-state index contributed by atoms with van der Waals surface area (Å²) in [6, 6.07) is 2.62. The summed E-state index contributed by atoms with van der Waals surface area (Å²) in [5.41, 5.74) is 7.67. The van der Waals surface area contributed by atoms with Gasteiger partial charge in [0, 0.05) is 41.8 Å². The second kappa shape index (κ2) is 12.1. The molecule has 37 heavy (non-hydrogen) atoms.